The first kappa shape index (κ1) is 19.0. The number of nitrogens with two attached hydrogens (primary N) is 1. The van der Waals surface area contributed by atoms with Crippen LogP contribution in [0, 0.1) is 5.82 Å². The fraction of sp³-hybridized carbons (Fsp3) is 0.500. The summed E-state index contributed by atoms with van der Waals surface area (Å²) < 4.78 is 63.2. The summed E-state index contributed by atoms with van der Waals surface area (Å²) in [4.78, 5) is 0. The Morgan fingerprint density at radius 1 is 1.17 bits per heavy atom. The molecule has 0 amide bonds. The number of halogens is 4. The van der Waals surface area contributed by atoms with Crippen LogP contribution in [-0.4, -0.2) is 24.9 Å². The van der Waals surface area contributed by atoms with Crippen LogP contribution in [-0.2, 0) is 15.5 Å². The molecule has 1 aliphatic rings. The molecule has 0 unspecified atom stereocenters. The first-order valence-electron chi connectivity index (χ1n) is 7.50. The van der Waals surface area contributed by atoms with Crippen LogP contribution in [0.4, 0.5) is 17.6 Å². The summed E-state index contributed by atoms with van der Waals surface area (Å²) in [6.45, 7) is 7.56. The van der Waals surface area contributed by atoms with Crippen molar-refractivity contribution in [2.24, 2.45) is 5.73 Å². The molecule has 1 saturated heterocycles. The Labute approximate surface area is 139 Å². The van der Waals surface area contributed by atoms with E-state index in [1.54, 1.807) is 0 Å². The Bertz CT molecular complexity index is 640. The van der Waals surface area contributed by atoms with Gasteiger partial charge in [0.1, 0.15) is 5.82 Å². The molecular weight excluding hydrogens is 325 g/mol. The van der Waals surface area contributed by atoms with Crippen molar-refractivity contribution in [2.45, 2.75) is 45.1 Å². The lowest BCUT2D eigenvalue weighted by Gasteiger charge is -2.32. The molecule has 2 rings (SSSR count). The van der Waals surface area contributed by atoms with Gasteiger partial charge in [-0.1, -0.05) is 12.1 Å². The average molecular weight is 345 g/mol. The highest BCUT2D eigenvalue weighted by molar-refractivity contribution is 6.55. The Hall–Kier alpha value is -1.38. The minimum Gasteiger partial charge on any atom is -0.400 e. The molecule has 1 heterocycles. The van der Waals surface area contributed by atoms with Crippen LogP contribution in [0.5, 0.6) is 0 Å². The summed E-state index contributed by atoms with van der Waals surface area (Å²) in [6, 6.07) is 2.72. The van der Waals surface area contributed by atoms with Crippen LogP contribution < -0.4 is 5.73 Å². The van der Waals surface area contributed by atoms with Crippen LogP contribution in [0.1, 0.15) is 38.8 Å². The number of benzene rings is 1. The molecule has 8 heteroatoms. The Kier molecular flexibility index (Phi) is 4.87. The average Bonchev–Trinajstić information content (AvgIpc) is 2.63. The first-order valence-corrected chi connectivity index (χ1v) is 7.50. The molecule has 2 N–H and O–H groups in total. The van der Waals surface area contributed by atoms with Gasteiger partial charge in [0.15, 0.2) is 0 Å². The third kappa shape index (κ3) is 3.65. The standard InChI is InChI=1S/C16H20BF4NO2/c1-14(2)15(3,4)24-17(23-14)11(9-22)7-10-5-6-12(13(18)8-10)16(19,20)21/h5-8H,9,22H2,1-4H3. The zero-order chi connectivity index (χ0) is 18.3. The summed E-state index contributed by atoms with van der Waals surface area (Å²) in [5.74, 6) is -1.33. The zero-order valence-corrected chi connectivity index (χ0v) is 14.0. The van der Waals surface area contributed by atoms with Gasteiger partial charge in [-0.3, -0.25) is 0 Å². The van der Waals surface area contributed by atoms with Gasteiger partial charge in [-0.05, 0) is 50.9 Å². The highest BCUT2D eigenvalue weighted by Gasteiger charge is 2.52. The smallest absolute Gasteiger partial charge is 0.400 e. The highest BCUT2D eigenvalue weighted by atomic mass is 19.4. The molecule has 1 aromatic rings. The van der Waals surface area contributed by atoms with E-state index in [0.717, 1.165) is 6.07 Å². The van der Waals surface area contributed by atoms with Crippen molar-refractivity contribution in [3.05, 3.63) is 40.6 Å². The van der Waals surface area contributed by atoms with Gasteiger partial charge < -0.3 is 15.0 Å². The predicted molar refractivity (Wildman–Crippen MR) is 84.5 cm³/mol. The van der Waals surface area contributed by atoms with Crippen molar-refractivity contribution in [2.75, 3.05) is 6.54 Å². The van der Waals surface area contributed by atoms with E-state index in [1.165, 1.54) is 12.1 Å². The quantitative estimate of drug-likeness (QED) is 0.669. The normalized spacial score (nSPS) is 20.5. The Balaban J connectivity index is 2.31. The molecule has 1 fully saturated rings. The van der Waals surface area contributed by atoms with E-state index in [4.69, 9.17) is 15.0 Å². The van der Waals surface area contributed by atoms with Gasteiger partial charge in [-0.25, -0.2) is 4.39 Å². The summed E-state index contributed by atoms with van der Waals surface area (Å²) in [5.41, 5.74) is 4.05. The lowest BCUT2D eigenvalue weighted by atomic mass is 9.77. The van der Waals surface area contributed by atoms with Crippen LogP contribution in [0.15, 0.2) is 23.7 Å². The molecule has 0 radical (unpaired) electrons. The molecule has 0 saturated carbocycles. The van der Waals surface area contributed by atoms with Crippen molar-refractivity contribution in [1.82, 2.24) is 0 Å². The molecule has 24 heavy (non-hydrogen) atoms. The van der Waals surface area contributed by atoms with Crippen molar-refractivity contribution >= 4 is 13.2 Å². The fourth-order valence-electron chi connectivity index (χ4n) is 2.28. The first-order chi connectivity index (χ1) is 10.9. The highest BCUT2D eigenvalue weighted by Crippen LogP contribution is 2.39. The van der Waals surface area contributed by atoms with E-state index in [9.17, 15) is 17.6 Å². The van der Waals surface area contributed by atoms with Gasteiger partial charge in [0.25, 0.3) is 0 Å². The molecule has 3 nitrogen and oxygen atoms in total. The second-order valence-electron chi connectivity index (χ2n) is 6.75. The molecule has 0 aliphatic carbocycles. The zero-order valence-electron chi connectivity index (χ0n) is 14.0. The SMILES string of the molecule is CC1(C)OB(C(=Cc2ccc(C(F)(F)F)c(F)c2)CN)OC1(C)C. The van der Waals surface area contributed by atoms with E-state index >= 15 is 0 Å². The van der Waals surface area contributed by atoms with Gasteiger partial charge in [0.2, 0.25) is 0 Å². The largest absolute Gasteiger partial charge is 0.491 e. The molecule has 0 bridgehead atoms. The topological polar surface area (TPSA) is 44.5 Å². The Morgan fingerprint density at radius 2 is 1.71 bits per heavy atom. The summed E-state index contributed by atoms with van der Waals surface area (Å²) in [7, 11) is -0.731. The maximum absolute atomic E-state index is 13.7. The van der Waals surface area contributed by atoms with E-state index in [2.05, 4.69) is 0 Å². The molecule has 132 valence electrons. The van der Waals surface area contributed by atoms with Crippen LogP contribution in [0.25, 0.3) is 6.08 Å². The number of hydrogen-bond acceptors (Lipinski definition) is 3. The molecule has 1 aliphatic heterocycles. The van der Waals surface area contributed by atoms with Crippen LogP contribution in [0.3, 0.4) is 0 Å². The van der Waals surface area contributed by atoms with Crippen molar-refractivity contribution in [3.63, 3.8) is 0 Å². The molecule has 0 atom stereocenters. The van der Waals surface area contributed by atoms with Crippen molar-refractivity contribution < 1.29 is 26.9 Å². The van der Waals surface area contributed by atoms with Gasteiger partial charge in [0, 0.05) is 6.54 Å². The minimum atomic E-state index is -4.73. The van der Waals surface area contributed by atoms with Crippen molar-refractivity contribution in [3.8, 4) is 0 Å². The minimum absolute atomic E-state index is 0.0689. The second kappa shape index (κ2) is 6.17. The van der Waals surface area contributed by atoms with Gasteiger partial charge in [-0.2, -0.15) is 13.2 Å². The number of alkyl halides is 3. The van der Waals surface area contributed by atoms with Gasteiger partial charge >= 0.3 is 13.3 Å². The number of hydrogen-bond donors (Lipinski definition) is 1. The maximum atomic E-state index is 13.7. The van der Waals surface area contributed by atoms with Crippen molar-refractivity contribution in [1.29, 1.82) is 0 Å². The monoisotopic (exact) mass is 345 g/mol. The molecule has 1 aromatic carbocycles. The van der Waals surface area contributed by atoms with E-state index in [1.807, 2.05) is 27.7 Å². The van der Waals surface area contributed by atoms with Crippen LogP contribution in [0.2, 0.25) is 0 Å². The van der Waals surface area contributed by atoms with Gasteiger partial charge in [-0.15, -0.1) is 0 Å². The number of rotatable bonds is 3. The summed E-state index contributed by atoms with van der Waals surface area (Å²) >= 11 is 0. The third-order valence-corrected chi connectivity index (χ3v) is 4.44. The van der Waals surface area contributed by atoms with Crippen LogP contribution >= 0.6 is 0 Å². The summed E-state index contributed by atoms with van der Waals surface area (Å²) in [6.07, 6.45) is -3.24. The Morgan fingerprint density at radius 3 is 2.12 bits per heavy atom. The second-order valence-corrected chi connectivity index (χ2v) is 6.75. The third-order valence-electron chi connectivity index (χ3n) is 4.44. The lowest BCUT2D eigenvalue weighted by Crippen LogP contribution is -2.41. The van der Waals surface area contributed by atoms with E-state index < -0.39 is 35.9 Å². The molecule has 0 aromatic heterocycles. The molecule has 0 spiro atoms. The molecular formula is C16H20BF4NO2. The summed E-state index contributed by atoms with van der Waals surface area (Å²) in [5, 5.41) is 0. The maximum Gasteiger partial charge on any atom is 0.491 e. The van der Waals surface area contributed by atoms with Gasteiger partial charge in [0.05, 0.1) is 16.8 Å². The van der Waals surface area contributed by atoms with E-state index in [-0.39, 0.29) is 12.1 Å². The van der Waals surface area contributed by atoms with E-state index in [0.29, 0.717) is 11.5 Å². The lowest BCUT2D eigenvalue weighted by molar-refractivity contribution is -0.140. The fourth-order valence-corrected chi connectivity index (χ4v) is 2.28. The predicted octanol–water partition coefficient (Wildman–Crippen LogP) is 3.82.